The van der Waals surface area contributed by atoms with Gasteiger partial charge >= 0.3 is 0 Å². The summed E-state index contributed by atoms with van der Waals surface area (Å²) in [5.74, 6) is -0.211. The predicted octanol–water partition coefficient (Wildman–Crippen LogP) is 1.28. The Kier molecular flexibility index (Phi) is 2.56. The molecule has 1 N–H and O–H groups in total. The molecule has 1 aliphatic rings. The van der Waals surface area contributed by atoms with Crippen molar-refractivity contribution in [3.05, 3.63) is 33.8 Å². The fraction of sp³-hybridized carbons (Fsp3) is 0.300. The molecule has 0 saturated carbocycles. The molecule has 1 aliphatic heterocycles. The minimum Gasteiger partial charge on any atom is -0.387 e. The number of hydrogen-bond acceptors (Lipinski definition) is 2. The monoisotopic (exact) mass is 255 g/mol. The summed E-state index contributed by atoms with van der Waals surface area (Å²) in [5, 5.41) is 8.73. The van der Waals surface area contributed by atoms with Gasteiger partial charge in [0.15, 0.2) is 0 Å². The second-order valence-corrected chi connectivity index (χ2v) is 4.24. The van der Waals surface area contributed by atoms with E-state index < -0.39 is 6.61 Å². The molecule has 1 aromatic rings. The Hall–Kier alpha value is -0.870. The molecule has 0 bridgehead atoms. The van der Waals surface area contributed by atoms with Crippen molar-refractivity contribution < 1.29 is 9.90 Å². The second kappa shape index (κ2) is 3.71. The minimum atomic E-state index is -0.408. The van der Waals surface area contributed by atoms with Gasteiger partial charge in [0.2, 0.25) is 5.91 Å². The number of aliphatic hydroxyl groups is 1. The maximum Gasteiger partial charge on any atom is 0.248 e. The molecule has 0 atom stereocenters. The molecule has 0 unspecified atom stereocenters. The molecule has 0 fully saturated rings. The van der Waals surface area contributed by atoms with Gasteiger partial charge in [0.1, 0.15) is 6.61 Å². The summed E-state index contributed by atoms with van der Waals surface area (Å²) in [6.45, 7) is 0.811. The van der Waals surface area contributed by atoms with Crippen molar-refractivity contribution in [2.45, 2.75) is 13.1 Å². The van der Waals surface area contributed by atoms with Crippen molar-refractivity contribution in [2.24, 2.45) is 0 Å². The Balaban J connectivity index is 2.22. The number of nitrogens with zero attached hydrogens (tertiary/aromatic N) is 1. The maximum atomic E-state index is 11.2. The van der Waals surface area contributed by atoms with Crippen LogP contribution in [0.5, 0.6) is 0 Å². The summed E-state index contributed by atoms with van der Waals surface area (Å²) in [4.78, 5) is 12.9. The van der Waals surface area contributed by atoms with Gasteiger partial charge in [-0.25, -0.2) is 0 Å². The first-order valence-corrected chi connectivity index (χ1v) is 5.16. The van der Waals surface area contributed by atoms with Crippen molar-refractivity contribution in [1.82, 2.24) is 4.90 Å². The molecule has 3 nitrogen and oxygen atoms in total. The van der Waals surface area contributed by atoms with Crippen LogP contribution in [0, 0.1) is 0 Å². The Morgan fingerprint density at radius 2 is 2.14 bits per heavy atom. The highest BCUT2D eigenvalue weighted by molar-refractivity contribution is 9.10. The molecule has 4 heteroatoms. The summed E-state index contributed by atoms with van der Waals surface area (Å²) >= 11 is 3.39. The van der Waals surface area contributed by atoms with E-state index in [0.717, 1.165) is 15.6 Å². The molecular formula is C10H10BrNO2. The average molecular weight is 256 g/mol. The molecule has 0 aliphatic carbocycles. The van der Waals surface area contributed by atoms with Crippen LogP contribution in [0.15, 0.2) is 22.7 Å². The van der Waals surface area contributed by atoms with E-state index in [-0.39, 0.29) is 5.91 Å². The predicted molar refractivity (Wildman–Crippen MR) is 55.5 cm³/mol. The zero-order valence-corrected chi connectivity index (χ0v) is 9.12. The lowest BCUT2D eigenvalue weighted by molar-refractivity contribution is -0.134. The molecule has 2 rings (SSSR count). The Bertz CT molecular complexity index is 378. The molecule has 0 saturated heterocycles. The van der Waals surface area contributed by atoms with Gasteiger partial charge in [0.25, 0.3) is 0 Å². The van der Waals surface area contributed by atoms with E-state index in [1.165, 1.54) is 0 Å². The SMILES string of the molecule is O=C(CO)N1Cc2ccc(Br)cc2C1. The molecule has 1 heterocycles. The largest absolute Gasteiger partial charge is 0.387 e. The van der Waals surface area contributed by atoms with Crippen LogP contribution in [0.3, 0.4) is 0 Å². The topological polar surface area (TPSA) is 40.5 Å². The summed E-state index contributed by atoms with van der Waals surface area (Å²) in [6.07, 6.45) is 0. The van der Waals surface area contributed by atoms with E-state index in [2.05, 4.69) is 15.9 Å². The highest BCUT2D eigenvalue weighted by atomic mass is 79.9. The van der Waals surface area contributed by atoms with E-state index in [9.17, 15) is 4.79 Å². The lowest BCUT2D eigenvalue weighted by Crippen LogP contribution is -2.27. The summed E-state index contributed by atoms with van der Waals surface area (Å²) < 4.78 is 1.02. The molecular weight excluding hydrogens is 246 g/mol. The summed E-state index contributed by atoms with van der Waals surface area (Å²) in [6, 6.07) is 5.98. The number of fused-ring (bicyclic) bond motifs is 1. The molecule has 0 aromatic heterocycles. The summed E-state index contributed by atoms with van der Waals surface area (Å²) in [7, 11) is 0. The Morgan fingerprint density at radius 1 is 1.43 bits per heavy atom. The van der Waals surface area contributed by atoms with E-state index in [1.807, 2.05) is 18.2 Å². The van der Waals surface area contributed by atoms with Crippen molar-refractivity contribution in [2.75, 3.05) is 6.61 Å². The molecule has 14 heavy (non-hydrogen) atoms. The van der Waals surface area contributed by atoms with E-state index in [4.69, 9.17) is 5.11 Å². The van der Waals surface area contributed by atoms with E-state index in [0.29, 0.717) is 13.1 Å². The number of halogens is 1. The zero-order chi connectivity index (χ0) is 10.1. The van der Waals surface area contributed by atoms with Gasteiger partial charge in [0, 0.05) is 17.6 Å². The normalized spacial score (nSPS) is 14.3. The zero-order valence-electron chi connectivity index (χ0n) is 7.53. The van der Waals surface area contributed by atoms with Crippen molar-refractivity contribution in [1.29, 1.82) is 0 Å². The van der Waals surface area contributed by atoms with Gasteiger partial charge in [-0.05, 0) is 23.3 Å². The Morgan fingerprint density at radius 3 is 2.86 bits per heavy atom. The number of hydrogen-bond donors (Lipinski definition) is 1. The molecule has 0 spiro atoms. The third-order valence-corrected chi connectivity index (χ3v) is 2.87. The van der Waals surface area contributed by atoms with Crippen LogP contribution < -0.4 is 0 Å². The maximum absolute atomic E-state index is 11.2. The van der Waals surface area contributed by atoms with E-state index >= 15 is 0 Å². The number of benzene rings is 1. The van der Waals surface area contributed by atoms with Crippen molar-refractivity contribution >= 4 is 21.8 Å². The Labute approximate surface area is 90.5 Å². The van der Waals surface area contributed by atoms with Crippen LogP contribution in [-0.4, -0.2) is 22.5 Å². The fourth-order valence-electron chi connectivity index (χ4n) is 1.64. The smallest absolute Gasteiger partial charge is 0.248 e. The van der Waals surface area contributed by atoms with Gasteiger partial charge in [-0.3, -0.25) is 4.79 Å². The number of rotatable bonds is 1. The molecule has 0 radical (unpaired) electrons. The lowest BCUT2D eigenvalue weighted by Gasteiger charge is -2.12. The number of carbonyl (C=O) groups is 1. The quantitative estimate of drug-likeness (QED) is 0.822. The highest BCUT2D eigenvalue weighted by Gasteiger charge is 2.22. The first kappa shape index (κ1) is 9.68. The first-order chi connectivity index (χ1) is 6.70. The van der Waals surface area contributed by atoms with E-state index in [1.54, 1.807) is 4.90 Å². The van der Waals surface area contributed by atoms with Crippen LogP contribution >= 0.6 is 15.9 Å². The first-order valence-electron chi connectivity index (χ1n) is 4.36. The molecule has 1 aromatic carbocycles. The number of aliphatic hydroxyl groups excluding tert-OH is 1. The number of carbonyl (C=O) groups excluding carboxylic acids is 1. The third-order valence-electron chi connectivity index (χ3n) is 2.38. The molecule has 1 amide bonds. The van der Waals surface area contributed by atoms with Crippen molar-refractivity contribution in [3.8, 4) is 0 Å². The van der Waals surface area contributed by atoms with Crippen LogP contribution in [0.1, 0.15) is 11.1 Å². The third kappa shape index (κ3) is 1.67. The van der Waals surface area contributed by atoms with Gasteiger partial charge in [-0.2, -0.15) is 0 Å². The fourth-order valence-corrected chi connectivity index (χ4v) is 2.05. The standard InChI is InChI=1S/C10H10BrNO2/c11-9-2-1-7-4-12(10(14)6-13)5-8(7)3-9/h1-3,13H,4-6H2. The second-order valence-electron chi connectivity index (χ2n) is 3.32. The van der Waals surface area contributed by atoms with Crippen LogP contribution in [0.4, 0.5) is 0 Å². The van der Waals surface area contributed by atoms with Crippen LogP contribution in [0.25, 0.3) is 0 Å². The van der Waals surface area contributed by atoms with Gasteiger partial charge in [-0.15, -0.1) is 0 Å². The van der Waals surface area contributed by atoms with Gasteiger partial charge in [-0.1, -0.05) is 22.0 Å². The minimum absolute atomic E-state index is 0.211. The van der Waals surface area contributed by atoms with Crippen LogP contribution in [0.2, 0.25) is 0 Å². The number of amides is 1. The van der Waals surface area contributed by atoms with Gasteiger partial charge < -0.3 is 10.0 Å². The van der Waals surface area contributed by atoms with Crippen molar-refractivity contribution in [3.63, 3.8) is 0 Å². The summed E-state index contributed by atoms with van der Waals surface area (Å²) in [5.41, 5.74) is 2.32. The molecule has 74 valence electrons. The average Bonchev–Trinajstić information content (AvgIpc) is 2.59. The lowest BCUT2D eigenvalue weighted by atomic mass is 10.1. The van der Waals surface area contributed by atoms with Crippen LogP contribution in [-0.2, 0) is 17.9 Å². The van der Waals surface area contributed by atoms with Gasteiger partial charge in [0.05, 0.1) is 0 Å². The highest BCUT2D eigenvalue weighted by Crippen LogP contribution is 2.25.